The molecule has 0 saturated heterocycles. The van der Waals surface area contributed by atoms with E-state index >= 15 is 0 Å². The van der Waals surface area contributed by atoms with Gasteiger partial charge < -0.3 is 0 Å². The second-order valence-electron chi connectivity index (χ2n) is 6.30. The van der Waals surface area contributed by atoms with Crippen LogP contribution in [0.3, 0.4) is 0 Å². The zero-order chi connectivity index (χ0) is 18.3. The molecule has 0 bridgehead atoms. The fourth-order valence-corrected chi connectivity index (χ4v) is 4.73. The van der Waals surface area contributed by atoms with Crippen molar-refractivity contribution >= 4 is 34.0 Å². The molecule has 1 aliphatic heterocycles. The topological polar surface area (TPSA) is 59.9 Å². The SMILES string of the molecule is CC(=O)c1ccc(-c2csc(C(C)c3ccc4c(c3)SC(=O)C4)n2)nc1. The zero-order valence-electron chi connectivity index (χ0n) is 14.4. The highest BCUT2D eigenvalue weighted by Gasteiger charge is 2.22. The van der Waals surface area contributed by atoms with E-state index < -0.39 is 0 Å². The Hall–Kier alpha value is -2.31. The number of pyridine rings is 1. The number of hydrogen-bond donors (Lipinski definition) is 0. The molecule has 1 aliphatic rings. The Morgan fingerprint density at radius 2 is 2.04 bits per heavy atom. The minimum absolute atomic E-state index is 0.00426. The average Bonchev–Trinajstić information content (AvgIpc) is 3.26. The molecule has 1 unspecified atom stereocenters. The molecule has 6 heteroatoms. The summed E-state index contributed by atoms with van der Waals surface area (Å²) in [7, 11) is 0. The molecule has 130 valence electrons. The molecule has 0 N–H and O–H groups in total. The summed E-state index contributed by atoms with van der Waals surface area (Å²) in [6, 6.07) is 9.86. The normalized spacial score (nSPS) is 14.3. The lowest BCUT2D eigenvalue weighted by Crippen LogP contribution is -1.97. The van der Waals surface area contributed by atoms with Crippen molar-refractivity contribution in [3.05, 3.63) is 63.6 Å². The first kappa shape index (κ1) is 17.1. The van der Waals surface area contributed by atoms with Gasteiger partial charge >= 0.3 is 0 Å². The molecule has 1 atom stereocenters. The van der Waals surface area contributed by atoms with Crippen molar-refractivity contribution < 1.29 is 9.59 Å². The maximum absolute atomic E-state index is 11.6. The summed E-state index contributed by atoms with van der Waals surface area (Å²) in [6.07, 6.45) is 2.12. The first-order valence-corrected chi connectivity index (χ1v) is 9.97. The van der Waals surface area contributed by atoms with E-state index in [0.29, 0.717) is 12.0 Å². The maximum atomic E-state index is 11.6. The van der Waals surface area contributed by atoms with E-state index in [1.165, 1.54) is 18.7 Å². The third-order valence-electron chi connectivity index (χ3n) is 4.47. The quantitative estimate of drug-likeness (QED) is 0.612. The van der Waals surface area contributed by atoms with Crippen LogP contribution in [0.5, 0.6) is 0 Å². The van der Waals surface area contributed by atoms with Crippen LogP contribution in [0, 0.1) is 0 Å². The molecule has 0 amide bonds. The van der Waals surface area contributed by atoms with Gasteiger partial charge in [-0.25, -0.2) is 4.98 Å². The number of aromatic nitrogens is 2. The van der Waals surface area contributed by atoms with E-state index in [1.54, 1.807) is 23.6 Å². The second-order valence-corrected chi connectivity index (χ2v) is 8.29. The van der Waals surface area contributed by atoms with Crippen LogP contribution in [0.4, 0.5) is 0 Å². The number of thiazole rings is 1. The van der Waals surface area contributed by atoms with E-state index in [0.717, 1.165) is 32.4 Å². The van der Waals surface area contributed by atoms with Gasteiger partial charge in [0, 0.05) is 34.4 Å². The predicted molar refractivity (Wildman–Crippen MR) is 104 cm³/mol. The van der Waals surface area contributed by atoms with E-state index in [2.05, 4.69) is 30.1 Å². The van der Waals surface area contributed by atoms with Crippen molar-refractivity contribution in [2.45, 2.75) is 31.1 Å². The van der Waals surface area contributed by atoms with Crippen LogP contribution in [-0.2, 0) is 11.2 Å². The van der Waals surface area contributed by atoms with Crippen molar-refractivity contribution in [2.24, 2.45) is 0 Å². The largest absolute Gasteiger partial charge is 0.294 e. The molecular weight excluding hydrogens is 364 g/mol. The monoisotopic (exact) mass is 380 g/mol. The molecule has 3 heterocycles. The zero-order valence-corrected chi connectivity index (χ0v) is 16.0. The third kappa shape index (κ3) is 3.22. The Bertz CT molecular complexity index is 1010. The minimum Gasteiger partial charge on any atom is -0.294 e. The average molecular weight is 380 g/mol. The third-order valence-corrected chi connectivity index (χ3v) is 6.47. The van der Waals surface area contributed by atoms with Gasteiger partial charge in [-0.3, -0.25) is 14.6 Å². The van der Waals surface area contributed by atoms with Crippen LogP contribution < -0.4 is 0 Å². The Morgan fingerprint density at radius 3 is 2.77 bits per heavy atom. The van der Waals surface area contributed by atoms with Gasteiger partial charge in [-0.1, -0.05) is 30.8 Å². The van der Waals surface area contributed by atoms with Crippen LogP contribution in [0.15, 0.2) is 46.8 Å². The van der Waals surface area contributed by atoms with E-state index in [-0.39, 0.29) is 16.8 Å². The van der Waals surface area contributed by atoms with Crippen molar-refractivity contribution in [1.82, 2.24) is 9.97 Å². The number of rotatable bonds is 4. The number of thioether (sulfide) groups is 1. The highest BCUT2D eigenvalue weighted by molar-refractivity contribution is 8.14. The van der Waals surface area contributed by atoms with Crippen molar-refractivity contribution in [1.29, 1.82) is 0 Å². The lowest BCUT2D eigenvalue weighted by atomic mass is 10.00. The Labute approximate surface area is 159 Å². The van der Waals surface area contributed by atoms with Gasteiger partial charge in [-0.2, -0.15) is 0 Å². The van der Waals surface area contributed by atoms with Crippen molar-refractivity contribution in [3.63, 3.8) is 0 Å². The fraction of sp³-hybridized carbons (Fsp3) is 0.200. The summed E-state index contributed by atoms with van der Waals surface area (Å²) < 4.78 is 0. The number of ketones is 1. The number of hydrogen-bond acceptors (Lipinski definition) is 6. The van der Waals surface area contributed by atoms with Gasteiger partial charge in [-0.15, -0.1) is 11.3 Å². The smallest absolute Gasteiger partial charge is 0.198 e. The number of carbonyl (C=O) groups excluding carboxylic acids is 2. The van der Waals surface area contributed by atoms with Crippen LogP contribution >= 0.6 is 23.1 Å². The Kier molecular flexibility index (Phi) is 4.46. The molecular formula is C20H16N2O2S2. The van der Waals surface area contributed by atoms with Gasteiger partial charge in [0.2, 0.25) is 0 Å². The lowest BCUT2D eigenvalue weighted by molar-refractivity contribution is -0.110. The summed E-state index contributed by atoms with van der Waals surface area (Å²) in [4.78, 5) is 33.1. The second kappa shape index (κ2) is 6.78. The Balaban J connectivity index is 1.58. The fourth-order valence-electron chi connectivity index (χ4n) is 2.90. The lowest BCUT2D eigenvalue weighted by Gasteiger charge is -2.10. The van der Waals surface area contributed by atoms with Crippen LogP contribution in [0.1, 0.15) is 46.3 Å². The van der Waals surface area contributed by atoms with Crippen LogP contribution in [0.25, 0.3) is 11.4 Å². The van der Waals surface area contributed by atoms with Crippen molar-refractivity contribution in [3.8, 4) is 11.4 Å². The van der Waals surface area contributed by atoms with Crippen molar-refractivity contribution in [2.75, 3.05) is 0 Å². The number of fused-ring (bicyclic) bond motifs is 1. The predicted octanol–water partition coefficient (Wildman–Crippen LogP) is 4.73. The van der Waals surface area contributed by atoms with E-state index in [9.17, 15) is 9.59 Å². The van der Waals surface area contributed by atoms with E-state index in [1.807, 2.05) is 11.4 Å². The number of nitrogens with zero attached hydrogens (tertiary/aromatic N) is 2. The number of benzene rings is 1. The molecule has 26 heavy (non-hydrogen) atoms. The number of carbonyl (C=O) groups is 2. The summed E-state index contributed by atoms with van der Waals surface area (Å²) in [6.45, 7) is 3.65. The van der Waals surface area contributed by atoms with Gasteiger partial charge in [-0.05, 0) is 36.2 Å². The van der Waals surface area contributed by atoms with E-state index in [4.69, 9.17) is 4.98 Å². The molecule has 1 aromatic carbocycles. The van der Waals surface area contributed by atoms with Crippen LogP contribution in [-0.4, -0.2) is 20.9 Å². The standard InChI is InChI=1S/C20H16N2O2S2/c1-11(13-3-4-14-8-19(24)26-18(14)7-13)20-22-17(10-25-20)16-6-5-15(9-21-16)12(2)23/h3-7,9-11H,8H2,1-2H3. The number of Topliss-reactive ketones (excluding diaryl/α,β-unsaturated/α-hetero) is 1. The summed E-state index contributed by atoms with van der Waals surface area (Å²) in [5.41, 5.74) is 4.46. The molecule has 0 fully saturated rings. The summed E-state index contributed by atoms with van der Waals surface area (Å²) in [5, 5.41) is 3.21. The van der Waals surface area contributed by atoms with Crippen LogP contribution in [0.2, 0.25) is 0 Å². The molecule has 2 aromatic heterocycles. The summed E-state index contributed by atoms with van der Waals surface area (Å²) >= 11 is 2.93. The van der Waals surface area contributed by atoms with Gasteiger partial charge in [0.15, 0.2) is 10.9 Å². The molecule has 0 radical (unpaired) electrons. The molecule has 3 aromatic rings. The molecule has 0 aliphatic carbocycles. The molecule has 0 spiro atoms. The first-order chi connectivity index (χ1) is 12.5. The van der Waals surface area contributed by atoms with Gasteiger partial charge in [0.25, 0.3) is 0 Å². The maximum Gasteiger partial charge on any atom is 0.198 e. The van der Waals surface area contributed by atoms with Gasteiger partial charge in [0.1, 0.15) is 5.01 Å². The first-order valence-electron chi connectivity index (χ1n) is 8.27. The molecule has 4 rings (SSSR count). The highest BCUT2D eigenvalue weighted by atomic mass is 32.2. The minimum atomic E-state index is 0.00426. The molecule has 0 saturated carbocycles. The van der Waals surface area contributed by atoms with Gasteiger partial charge in [0.05, 0.1) is 11.4 Å². The molecule has 4 nitrogen and oxygen atoms in total. The Morgan fingerprint density at radius 1 is 1.19 bits per heavy atom. The highest BCUT2D eigenvalue weighted by Crippen LogP contribution is 2.37. The summed E-state index contributed by atoms with van der Waals surface area (Å²) in [5.74, 6) is 0.149.